The van der Waals surface area contributed by atoms with Crippen LogP contribution in [0.15, 0.2) is 36.4 Å². The Morgan fingerprint density at radius 1 is 0.516 bits per heavy atom. The van der Waals surface area contributed by atoms with Gasteiger partial charge in [-0.2, -0.15) is 0 Å². The van der Waals surface area contributed by atoms with Crippen molar-refractivity contribution in [2.45, 2.75) is 254 Å². The van der Waals surface area contributed by atoms with E-state index in [0.717, 1.165) is 57.8 Å². The monoisotopic (exact) mass is 859 g/mol. The van der Waals surface area contributed by atoms with Crippen LogP contribution in [0.25, 0.3) is 0 Å². The quantitative estimate of drug-likeness (QED) is 0.0701. The van der Waals surface area contributed by atoms with Crippen molar-refractivity contribution < 1.29 is 19.1 Å². The highest BCUT2D eigenvalue weighted by molar-refractivity contribution is 5.72. The van der Waals surface area contributed by atoms with E-state index in [1.165, 1.54) is 164 Å². The lowest BCUT2D eigenvalue weighted by atomic mass is 9.62. The summed E-state index contributed by atoms with van der Waals surface area (Å²) in [7, 11) is 0. The van der Waals surface area contributed by atoms with Gasteiger partial charge in [-0.1, -0.05) is 201 Å². The number of hydrogen-bond acceptors (Lipinski definition) is 4. The molecule has 0 bridgehead atoms. The maximum absolute atomic E-state index is 13.7. The van der Waals surface area contributed by atoms with Gasteiger partial charge in [-0.15, -0.1) is 0 Å². The Hall–Kier alpha value is -3.02. The molecule has 2 amide bonds. The molecule has 1 aliphatic carbocycles. The number of rotatable bonds is 33. The van der Waals surface area contributed by atoms with E-state index in [1.54, 1.807) is 0 Å². The molecule has 2 unspecified atom stereocenters. The lowest BCUT2D eigenvalue weighted by molar-refractivity contribution is 0.0701. The molecule has 6 nitrogen and oxygen atoms in total. The maximum Gasteiger partial charge on any atom is 0.412 e. The molecule has 2 N–H and O–H groups in total. The highest BCUT2D eigenvalue weighted by Crippen LogP contribution is 2.46. The second-order valence-corrected chi connectivity index (χ2v) is 20.4. The van der Waals surface area contributed by atoms with E-state index < -0.39 is 6.09 Å². The second-order valence-electron chi connectivity index (χ2n) is 20.4. The molecule has 0 radical (unpaired) electrons. The highest BCUT2D eigenvalue weighted by atomic mass is 16.6. The molecule has 0 aromatic heterocycles. The topological polar surface area (TPSA) is 76.7 Å². The van der Waals surface area contributed by atoms with E-state index in [1.807, 2.05) is 12.1 Å². The summed E-state index contributed by atoms with van der Waals surface area (Å²) in [5.74, 6) is 1.43. The second kappa shape index (κ2) is 31.0. The smallest absolute Gasteiger partial charge is 0.410 e. The summed E-state index contributed by atoms with van der Waals surface area (Å²) in [4.78, 5) is 27.3. The van der Waals surface area contributed by atoms with Gasteiger partial charge in [0.25, 0.3) is 0 Å². The Morgan fingerprint density at radius 3 is 1.34 bits per heavy atom. The Labute approximate surface area is 381 Å². The van der Waals surface area contributed by atoms with Crippen LogP contribution >= 0.6 is 0 Å². The summed E-state index contributed by atoms with van der Waals surface area (Å²) in [5, 5.41) is 6.47. The van der Waals surface area contributed by atoms with E-state index in [9.17, 15) is 9.59 Å². The number of carbonyl (C=O) groups is 2. The van der Waals surface area contributed by atoms with Gasteiger partial charge in [0.05, 0.1) is 0 Å². The Bertz CT molecular complexity index is 1520. The fourth-order valence-electron chi connectivity index (χ4n) is 10.4. The van der Waals surface area contributed by atoms with Crippen molar-refractivity contribution in [1.82, 2.24) is 10.6 Å². The van der Waals surface area contributed by atoms with Crippen LogP contribution in [0.3, 0.4) is 0 Å². The molecular weight excluding hydrogens is 765 g/mol. The van der Waals surface area contributed by atoms with Gasteiger partial charge in [-0.05, 0) is 116 Å². The number of hydrogen-bond donors (Lipinski definition) is 2. The molecule has 6 heteroatoms. The van der Waals surface area contributed by atoms with Crippen LogP contribution in [0.5, 0.6) is 11.5 Å². The van der Waals surface area contributed by atoms with Gasteiger partial charge >= 0.3 is 12.2 Å². The third kappa shape index (κ3) is 21.6. The zero-order valence-electron chi connectivity index (χ0n) is 41.3. The highest BCUT2D eigenvalue weighted by Gasteiger charge is 2.42. The number of ether oxygens (including phenoxy) is 2. The van der Waals surface area contributed by atoms with Crippen LogP contribution in [0.2, 0.25) is 0 Å². The zero-order chi connectivity index (χ0) is 44.9. The largest absolute Gasteiger partial charge is 0.412 e. The van der Waals surface area contributed by atoms with Crippen molar-refractivity contribution in [1.29, 1.82) is 0 Å². The van der Waals surface area contributed by atoms with Gasteiger partial charge in [0.15, 0.2) is 0 Å². The molecule has 0 aliphatic heterocycles. The molecule has 1 saturated carbocycles. The molecule has 0 heterocycles. The van der Waals surface area contributed by atoms with Crippen molar-refractivity contribution >= 4 is 12.2 Å². The number of nitrogens with one attached hydrogen (secondary N) is 2. The van der Waals surface area contributed by atoms with Crippen LogP contribution in [0, 0.1) is 10.8 Å². The number of carbonyl (C=O) groups excluding carboxylic acids is 2. The fourth-order valence-corrected chi connectivity index (χ4v) is 10.4. The number of amides is 2. The fraction of sp³-hybridized carbons (Fsp3) is 0.750. The van der Waals surface area contributed by atoms with Crippen LogP contribution < -0.4 is 20.1 Å². The predicted octanol–water partition coefficient (Wildman–Crippen LogP) is 16.8. The standard InChI is InChI=1S/C56H94N2O4/c1-8-12-16-20-24-28-34-46-36-32-40-51(49(46)38-30-26-22-18-14-10-3)61-53(59)57-45-56(7)43-48(42-55(5,6)44-56)58-54(60)62-52-41-33-37-47(35-29-25-21-17-13-9-2)50(52)39-31-27-23-19-15-11-4/h32-33,36-37,40-41,48H,8-31,34-35,38-39,42-45H2,1-7H3,(H,57,59)(H,58,60). The van der Waals surface area contributed by atoms with E-state index >= 15 is 0 Å². The summed E-state index contributed by atoms with van der Waals surface area (Å²) in [5.41, 5.74) is 4.85. The Balaban J connectivity index is 1.64. The van der Waals surface area contributed by atoms with Gasteiger partial charge in [-0.25, -0.2) is 9.59 Å². The summed E-state index contributed by atoms with van der Waals surface area (Å²) >= 11 is 0. The van der Waals surface area contributed by atoms with Gasteiger partial charge < -0.3 is 20.1 Å². The van der Waals surface area contributed by atoms with Crippen molar-refractivity contribution in [3.05, 3.63) is 58.7 Å². The minimum Gasteiger partial charge on any atom is -0.410 e. The van der Waals surface area contributed by atoms with Crippen LogP contribution in [-0.4, -0.2) is 24.8 Å². The first-order valence-electron chi connectivity index (χ1n) is 26.2. The maximum atomic E-state index is 13.7. The molecule has 352 valence electrons. The lowest BCUT2D eigenvalue weighted by Gasteiger charge is -2.46. The first-order chi connectivity index (χ1) is 30.0. The molecule has 0 spiro atoms. The first kappa shape index (κ1) is 53.3. The third-order valence-corrected chi connectivity index (χ3v) is 13.5. The molecule has 1 aliphatic rings. The van der Waals surface area contributed by atoms with Gasteiger partial charge in [0.1, 0.15) is 11.5 Å². The molecule has 2 atom stereocenters. The van der Waals surface area contributed by atoms with Crippen LogP contribution in [-0.2, 0) is 25.7 Å². The minimum atomic E-state index is -0.391. The SMILES string of the molecule is CCCCCCCCc1cccc(OC(=O)NCC2(C)CC(NC(=O)Oc3cccc(CCCCCCCC)c3CCCCCCCC)CC(C)(C)C2)c1CCCCCCCC. The van der Waals surface area contributed by atoms with Gasteiger partial charge in [-0.3, -0.25) is 0 Å². The van der Waals surface area contributed by atoms with E-state index in [4.69, 9.17) is 9.47 Å². The third-order valence-electron chi connectivity index (χ3n) is 13.5. The molecule has 1 fully saturated rings. The van der Waals surface area contributed by atoms with Crippen LogP contribution in [0.4, 0.5) is 9.59 Å². The molecule has 0 saturated heterocycles. The van der Waals surface area contributed by atoms with Gasteiger partial charge in [0.2, 0.25) is 0 Å². The average Bonchev–Trinajstić information content (AvgIpc) is 3.23. The number of benzene rings is 2. The summed E-state index contributed by atoms with van der Waals surface area (Å²) in [6.07, 6.45) is 35.8. The zero-order valence-corrected chi connectivity index (χ0v) is 41.3. The van der Waals surface area contributed by atoms with Crippen molar-refractivity contribution in [2.75, 3.05) is 6.54 Å². The number of unbranched alkanes of at least 4 members (excludes halogenated alkanes) is 20. The van der Waals surface area contributed by atoms with Crippen molar-refractivity contribution in [3.63, 3.8) is 0 Å². The molecule has 2 aromatic carbocycles. The Kier molecular flexibility index (Phi) is 26.6. The molecular formula is C56H94N2O4. The van der Waals surface area contributed by atoms with E-state index in [2.05, 4.69) is 83.4 Å². The lowest BCUT2D eigenvalue weighted by Crippen LogP contribution is -2.51. The molecule has 3 rings (SSSR count). The summed E-state index contributed by atoms with van der Waals surface area (Å²) in [6.45, 7) is 16.3. The minimum absolute atomic E-state index is 0.0221. The van der Waals surface area contributed by atoms with Crippen molar-refractivity contribution in [2.24, 2.45) is 10.8 Å². The van der Waals surface area contributed by atoms with Crippen molar-refractivity contribution in [3.8, 4) is 11.5 Å². The first-order valence-corrected chi connectivity index (χ1v) is 26.2. The van der Waals surface area contributed by atoms with Crippen LogP contribution in [0.1, 0.15) is 244 Å². The average molecular weight is 859 g/mol. The van der Waals surface area contributed by atoms with E-state index in [0.29, 0.717) is 18.0 Å². The summed E-state index contributed by atoms with van der Waals surface area (Å²) in [6, 6.07) is 12.5. The number of aryl methyl sites for hydroxylation is 2. The van der Waals surface area contributed by atoms with E-state index in [-0.39, 0.29) is 23.0 Å². The normalized spacial score (nSPS) is 17.2. The summed E-state index contributed by atoms with van der Waals surface area (Å²) < 4.78 is 12.4. The van der Waals surface area contributed by atoms with Gasteiger partial charge in [0, 0.05) is 12.6 Å². The predicted molar refractivity (Wildman–Crippen MR) is 264 cm³/mol. The Morgan fingerprint density at radius 2 is 0.903 bits per heavy atom. The molecule has 2 aromatic rings. The molecule has 62 heavy (non-hydrogen) atoms.